The van der Waals surface area contributed by atoms with Gasteiger partial charge in [-0.3, -0.25) is 0 Å². The van der Waals surface area contributed by atoms with Crippen LogP contribution in [-0.2, 0) is 11.2 Å². The molecule has 2 heterocycles. The summed E-state index contributed by atoms with van der Waals surface area (Å²) in [5.41, 5.74) is 2.12. The van der Waals surface area contributed by atoms with Gasteiger partial charge in [0.2, 0.25) is 0 Å². The largest absolute Gasteiger partial charge is 0.444 e. The van der Waals surface area contributed by atoms with Gasteiger partial charge in [-0.2, -0.15) is 0 Å². The van der Waals surface area contributed by atoms with Crippen LogP contribution in [0.3, 0.4) is 0 Å². The lowest BCUT2D eigenvalue weighted by molar-refractivity contribution is 0.00684. The maximum absolute atomic E-state index is 12.5. The topological polar surface area (TPSA) is 41.6 Å². The number of rotatable bonds is 3. The first-order valence-corrected chi connectivity index (χ1v) is 9.22. The summed E-state index contributed by atoms with van der Waals surface area (Å²) in [7, 11) is 0. The van der Waals surface area contributed by atoms with E-state index in [1.807, 2.05) is 25.7 Å². The number of nitrogens with one attached hydrogen (secondary N) is 1. The highest BCUT2D eigenvalue weighted by molar-refractivity contribution is 5.69. The van der Waals surface area contributed by atoms with E-state index >= 15 is 0 Å². The molecule has 0 saturated carbocycles. The zero-order valence-electron chi connectivity index (χ0n) is 15.3. The number of carbonyl (C=O) groups excluding carboxylic acids is 1. The van der Waals surface area contributed by atoms with Gasteiger partial charge in [0, 0.05) is 23.8 Å². The van der Waals surface area contributed by atoms with E-state index in [-0.39, 0.29) is 6.09 Å². The third kappa shape index (κ3) is 3.85. The van der Waals surface area contributed by atoms with Crippen molar-refractivity contribution in [3.63, 3.8) is 0 Å². The maximum Gasteiger partial charge on any atom is 0.410 e. The van der Waals surface area contributed by atoms with Gasteiger partial charge in [0.1, 0.15) is 5.60 Å². The molecule has 132 valence electrons. The van der Waals surface area contributed by atoms with Gasteiger partial charge in [-0.05, 0) is 70.6 Å². The van der Waals surface area contributed by atoms with Crippen molar-refractivity contribution < 1.29 is 9.53 Å². The highest BCUT2D eigenvalue weighted by Crippen LogP contribution is 2.37. The highest BCUT2D eigenvalue weighted by atomic mass is 16.6. The zero-order valence-corrected chi connectivity index (χ0v) is 15.3. The van der Waals surface area contributed by atoms with E-state index in [2.05, 4.69) is 36.5 Å². The van der Waals surface area contributed by atoms with Crippen molar-refractivity contribution in [2.24, 2.45) is 0 Å². The number of piperidine rings is 1. The fraction of sp³-hybridized carbons (Fsp3) is 0.650. The lowest BCUT2D eigenvalue weighted by atomic mass is 9.97. The molecule has 3 rings (SSSR count). The minimum absolute atomic E-state index is 0.138. The van der Waals surface area contributed by atoms with E-state index in [0.29, 0.717) is 18.1 Å². The normalized spacial score (nSPS) is 26.3. The van der Waals surface area contributed by atoms with E-state index in [1.165, 1.54) is 11.3 Å². The number of ether oxygens (including phenoxy) is 1. The number of fused-ring (bicyclic) bond motifs is 2. The number of carbonyl (C=O) groups is 1. The number of hydrogen-bond donors (Lipinski definition) is 1. The fourth-order valence-electron chi connectivity index (χ4n) is 3.98. The van der Waals surface area contributed by atoms with Gasteiger partial charge in [0.25, 0.3) is 0 Å². The van der Waals surface area contributed by atoms with Crippen molar-refractivity contribution in [2.75, 3.05) is 5.32 Å². The second-order valence-electron chi connectivity index (χ2n) is 8.14. The van der Waals surface area contributed by atoms with Crippen molar-refractivity contribution in [1.82, 2.24) is 4.90 Å². The molecule has 1 N–H and O–H groups in total. The van der Waals surface area contributed by atoms with Gasteiger partial charge in [-0.1, -0.05) is 19.1 Å². The minimum atomic E-state index is -0.424. The molecule has 0 radical (unpaired) electrons. The summed E-state index contributed by atoms with van der Waals surface area (Å²) in [6.45, 7) is 7.97. The SMILES string of the molecule is CCc1ccc(NC2CC3CCC(C2)N3C(=O)OC(C)(C)C)cc1. The summed E-state index contributed by atoms with van der Waals surface area (Å²) in [5, 5.41) is 3.66. The van der Waals surface area contributed by atoms with Crippen LogP contribution in [0.2, 0.25) is 0 Å². The Morgan fingerprint density at radius 2 is 1.75 bits per heavy atom. The molecule has 2 saturated heterocycles. The van der Waals surface area contributed by atoms with Crippen LogP contribution in [0.1, 0.15) is 58.9 Å². The Hall–Kier alpha value is -1.71. The predicted octanol–water partition coefficient (Wildman–Crippen LogP) is 4.59. The van der Waals surface area contributed by atoms with Crippen LogP contribution in [-0.4, -0.2) is 34.7 Å². The standard InChI is InChI=1S/C20H30N2O2/c1-5-14-6-8-15(9-7-14)21-16-12-17-10-11-18(13-16)22(17)19(23)24-20(2,3)4/h6-9,16-18,21H,5,10-13H2,1-4H3. The summed E-state index contributed by atoms with van der Waals surface area (Å²) >= 11 is 0. The van der Waals surface area contributed by atoms with Gasteiger partial charge in [0.05, 0.1) is 0 Å². The Morgan fingerprint density at radius 3 is 2.25 bits per heavy atom. The van der Waals surface area contributed by atoms with Crippen LogP contribution in [0, 0.1) is 0 Å². The molecule has 2 unspecified atom stereocenters. The molecule has 2 bridgehead atoms. The molecular weight excluding hydrogens is 300 g/mol. The summed E-state index contributed by atoms with van der Waals surface area (Å²) in [4.78, 5) is 14.5. The molecule has 2 fully saturated rings. The van der Waals surface area contributed by atoms with Crippen molar-refractivity contribution >= 4 is 11.8 Å². The lowest BCUT2D eigenvalue weighted by Gasteiger charge is -2.40. The molecule has 1 aromatic rings. The van der Waals surface area contributed by atoms with Crippen LogP contribution >= 0.6 is 0 Å². The van der Waals surface area contributed by atoms with E-state index in [4.69, 9.17) is 4.74 Å². The number of benzene rings is 1. The Balaban J connectivity index is 1.61. The van der Waals surface area contributed by atoms with Gasteiger partial charge in [-0.15, -0.1) is 0 Å². The minimum Gasteiger partial charge on any atom is -0.444 e. The second kappa shape index (κ2) is 6.66. The van der Waals surface area contributed by atoms with E-state index in [9.17, 15) is 4.79 Å². The van der Waals surface area contributed by atoms with E-state index in [0.717, 1.165) is 32.1 Å². The zero-order chi connectivity index (χ0) is 17.3. The van der Waals surface area contributed by atoms with Gasteiger partial charge < -0.3 is 15.0 Å². The Morgan fingerprint density at radius 1 is 1.17 bits per heavy atom. The van der Waals surface area contributed by atoms with Gasteiger partial charge in [-0.25, -0.2) is 4.79 Å². The van der Waals surface area contributed by atoms with Crippen molar-refractivity contribution in [1.29, 1.82) is 0 Å². The molecule has 4 heteroatoms. The first-order chi connectivity index (χ1) is 11.4. The molecule has 1 aromatic carbocycles. The smallest absolute Gasteiger partial charge is 0.410 e. The molecule has 0 aromatic heterocycles. The Bertz CT molecular complexity index is 562. The van der Waals surface area contributed by atoms with Crippen LogP contribution in [0.5, 0.6) is 0 Å². The van der Waals surface area contributed by atoms with Gasteiger partial charge in [0.15, 0.2) is 0 Å². The molecule has 2 aliphatic rings. The second-order valence-corrected chi connectivity index (χ2v) is 8.14. The van der Waals surface area contributed by atoms with Crippen LogP contribution < -0.4 is 5.32 Å². The average molecular weight is 330 g/mol. The fourth-order valence-corrected chi connectivity index (χ4v) is 3.98. The van der Waals surface area contributed by atoms with Crippen LogP contribution in [0.4, 0.5) is 10.5 Å². The predicted molar refractivity (Wildman–Crippen MR) is 97.3 cm³/mol. The summed E-state index contributed by atoms with van der Waals surface area (Å²) in [6, 6.07) is 9.77. The quantitative estimate of drug-likeness (QED) is 0.881. The average Bonchev–Trinajstić information content (AvgIpc) is 2.78. The Kier molecular flexibility index (Phi) is 4.75. The maximum atomic E-state index is 12.5. The number of hydrogen-bond acceptors (Lipinski definition) is 3. The molecule has 0 aliphatic carbocycles. The molecule has 4 nitrogen and oxygen atoms in total. The number of nitrogens with zero attached hydrogens (tertiary/aromatic N) is 1. The first kappa shape index (κ1) is 17.1. The van der Waals surface area contributed by atoms with Crippen LogP contribution in [0.25, 0.3) is 0 Å². The van der Waals surface area contributed by atoms with Crippen molar-refractivity contribution in [3.8, 4) is 0 Å². The first-order valence-electron chi connectivity index (χ1n) is 9.22. The number of anilines is 1. The highest BCUT2D eigenvalue weighted by Gasteiger charge is 2.44. The van der Waals surface area contributed by atoms with Gasteiger partial charge >= 0.3 is 6.09 Å². The summed E-state index contributed by atoms with van der Waals surface area (Å²) in [5.74, 6) is 0. The lowest BCUT2D eigenvalue weighted by Crippen LogP contribution is -2.51. The van der Waals surface area contributed by atoms with E-state index in [1.54, 1.807) is 0 Å². The molecule has 2 atom stereocenters. The third-order valence-electron chi connectivity index (χ3n) is 5.07. The molecule has 24 heavy (non-hydrogen) atoms. The van der Waals surface area contributed by atoms with Crippen molar-refractivity contribution in [2.45, 2.75) is 83.5 Å². The van der Waals surface area contributed by atoms with Crippen LogP contribution in [0.15, 0.2) is 24.3 Å². The number of amides is 1. The van der Waals surface area contributed by atoms with E-state index < -0.39 is 5.60 Å². The molecule has 2 aliphatic heterocycles. The Labute approximate surface area is 145 Å². The molecule has 0 spiro atoms. The third-order valence-corrected chi connectivity index (χ3v) is 5.07. The molecular formula is C20H30N2O2. The summed E-state index contributed by atoms with van der Waals surface area (Å²) in [6.07, 6.45) is 5.13. The monoisotopic (exact) mass is 330 g/mol. The summed E-state index contributed by atoms with van der Waals surface area (Å²) < 4.78 is 5.60. The molecule has 1 amide bonds. The number of aryl methyl sites for hydroxylation is 1. The van der Waals surface area contributed by atoms with Crippen molar-refractivity contribution in [3.05, 3.63) is 29.8 Å².